The molecule has 0 unspecified atom stereocenters. The Morgan fingerprint density at radius 3 is 2.55 bits per heavy atom. The molecule has 0 spiro atoms. The molecule has 0 aromatic heterocycles. The summed E-state index contributed by atoms with van der Waals surface area (Å²) in [6.07, 6.45) is 1.25. The predicted octanol–water partition coefficient (Wildman–Crippen LogP) is 1.27. The number of nitrogens with one attached hydrogen (secondary N) is 1. The first-order valence-corrected chi connectivity index (χ1v) is 6.53. The molecule has 0 aliphatic carbocycles. The molecule has 1 aromatic carbocycles. The van der Waals surface area contributed by atoms with E-state index < -0.39 is 11.7 Å². The molecule has 2 N–H and O–H groups in total. The Morgan fingerprint density at radius 2 is 2.00 bits per heavy atom. The summed E-state index contributed by atoms with van der Waals surface area (Å²) in [5.74, 6) is -1.68. The molecule has 0 radical (unpaired) electrons. The number of rotatable bonds is 2. The molecule has 0 atom stereocenters. The number of halogens is 1. The number of piperidine rings is 1. The Morgan fingerprint density at radius 1 is 1.35 bits per heavy atom. The molecule has 1 aliphatic heterocycles. The minimum atomic E-state index is -0.723. The zero-order valence-electron chi connectivity index (χ0n) is 11.2. The summed E-state index contributed by atoms with van der Waals surface area (Å²) in [6.45, 7) is 2.31. The van der Waals surface area contributed by atoms with E-state index in [0.29, 0.717) is 25.9 Å². The Bertz CT molecular complexity index is 505. The summed E-state index contributed by atoms with van der Waals surface area (Å²) >= 11 is 0. The lowest BCUT2D eigenvalue weighted by molar-refractivity contribution is -0.119. The number of hydrogen-bond acceptors (Lipinski definition) is 3. The van der Waals surface area contributed by atoms with Gasteiger partial charge in [0.2, 0.25) is 5.91 Å². The van der Waals surface area contributed by atoms with Gasteiger partial charge in [-0.15, -0.1) is 0 Å². The van der Waals surface area contributed by atoms with Crippen LogP contribution in [0.4, 0.5) is 4.39 Å². The second-order valence-corrected chi connectivity index (χ2v) is 4.90. The van der Waals surface area contributed by atoms with Gasteiger partial charge in [0.15, 0.2) is 0 Å². The van der Waals surface area contributed by atoms with Crippen LogP contribution in [-0.2, 0) is 4.79 Å². The van der Waals surface area contributed by atoms with Gasteiger partial charge in [0, 0.05) is 26.1 Å². The summed E-state index contributed by atoms with van der Waals surface area (Å²) in [5.41, 5.74) is -0.287. The number of hydrogen-bond donors (Lipinski definition) is 2. The van der Waals surface area contributed by atoms with Crippen LogP contribution in [0.15, 0.2) is 18.2 Å². The van der Waals surface area contributed by atoms with E-state index >= 15 is 0 Å². The molecular formula is C14H17FN2O3. The highest BCUT2D eigenvalue weighted by Gasteiger charge is 2.27. The van der Waals surface area contributed by atoms with E-state index in [0.717, 1.165) is 6.07 Å². The minimum Gasteiger partial charge on any atom is -0.507 e. The number of nitrogens with zero attached hydrogens (tertiary/aromatic N) is 1. The van der Waals surface area contributed by atoms with E-state index in [4.69, 9.17) is 0 Å². The third-order valence-electron chi connectivity index (χ3n) is 3.40. The number of amides is 2. The summed E-state index contributed by atoms with van der Waals surface area (Å²) in [6, 6.07) is 3.84. The standard InChI is InChI=1S/C14H17FN2O3/c1-9(18)16-10-5-7-17(8-6-10)14(20)13-11(15)3-2-4-12(13)19/h2-4,10,19H,5-8H2,1H3,(H,16,18). The Hall–Kier alpha value is -2.11. The maximum atomic E-state index is 13.6. The molecule has 5 nitrogen and oxygen atoms in total. The van der Waals surface area contributed by atoms with Gasteiger partial charge in [-0.3, -0.25) is 9.59 Å². The van der Waals surface area contributed by atoms with Crippen molar-refractivity contribution in [2.45, 2.75) is 25.8 Å². The summed E-state index contributed by atoms with van der Waals surface area (Å²) < 4.78 is 13.6. The first-order valence-electron chi connectivity index (χ1n) is 6.53. The number of carbonyl (C=O) groups excluding carboxylic acids is 2. The largest absolute Gasteiger partial charge is 0.507 e. The third kappa shape index (κ3) is 3.07. The highest BCUT2D eigenvalue weighted by molar-refractivity contribution is 5.97. The monoisotopic (exact) mass is 280 g/mol. The van der Waals surface area contributed by atoms with Crippen LogP contribution in [0.1, 0.15) is 30.1 Å². The normalized spacial score (nSPS) is 16.0. The van der Waals surface area contributed by atoms with Crippen molar-refractivity contribution in [1.29, 1.82) is 0 Å². The van der Waals surface area contributed by atoms with Crippen LogP contribution in [0.5, 0.6) is 5.75 Å². The zero-order chi connectivity index (χ0) is 14.7. The van der Waals surface area contributed by atoms with Gasteiger partial charge in [-0.05, 0) is 25.0 Å². The van der Waals surface area contributed by atoms with Crippen LogP contribution in [0.3, 0.4) is 0 Å². The predicted molar refractivity (Wildman–Crippen MR) is 70.8 cm³/mol. The average Bonchev–Trinajstić information content (AvgIpc) is 2.38. The van der Waals surface area contributed by atoms with E-state index in [9.17, 15) is 19.1 Å². The molecule has 2 rings (SSSR count). The van der Waals surface area contributed by atoms with E-state index in [1.807, 2.05) is 0 Å². The van der Waals surface area contributed by atoms with Gasteiger partial charge in [0.25, 0.3) is 5.91 Å². The fourth-order valence-electron chi connectivity index (χ4n) is 2.40. The van der Waals surface area contributed by atoms with Crippen molar-refractivity contribution < 1.29 is 19.1 Å². The summed E-state index contributed by atoms with van der Waals surface area (Å²) in [7, 11) is 0. The second-order valence-electron chi connectivity index (χ2n) is 4.90. The van der Waals surface area contributed by atoms with Crippen molar-refractivity contribution >= 4 is 11.8 Å². The molecule has 6 heteroatoms. The maximum absolute atomic E-state index is 13.6. The maximum Gasteiger partial charge on any atom is 0.260 e. The molecule has 1 heterocycles. The Labute approximate surface area is 116 Å². The first-order chi connectivity index (χ1) is 9.49. The SMILES string of the molecule is CC(=O)NC1CCN(C(=O)c2c(O)cccc2F)CC1. The van der Waals surface area contributed by atoms with E-state index in [1.54, 1.807) is 0 Å². The van der Waals surface area contributed by atoms with Crippen molar-refractivity contribution in [3.63, 3.8) is 0 Å². The lowest BCUT2D eigenvalue weighted by Gasteiger charge is -2.32. The number of phenols is 1. The summed E-state index contributed by atoms with van der Waals surface area (Å²) in [5, 5.41) is 12.4. The molecule has 108 valence electrons. The van der Waals surface area contributed by atoms with Gasteiger partial charge in [0.1, 0.15) is 17.1 Å². The number of likely N-dealkylation sites (tertiary alicyclic amines) is 1. The smallest absolute Gasteiger partial charge is 0.260 e. The van der Waals surface area contributed by atoms with E-state index in [-0.39, 0.29) is 23.3 Å². The zero-order valence-corrected chi connectivity index (χ0v) is 11.2. The van der Waals surface area contributed by atoms with Gasteiger partial charge in [-0.1, -0.05) is 6.07 Å². The molecule has 0 bridgehead atoms. The lowest BCUT2D eigenvalue weighted by atomic mass is 10.0. The van der Waals surface area contributed by atoms with Crippen molar-refractivity contribution in [2.24, 2.45) is 0 Å². The molecule has 2 amide bonds. The first kappa shape index (κ1) is 14.3. The topological polar surface area (TPSA) is 69.6 Å². The highest BCUT2D eigenvalue weighted by Crippen LogP contribution is 2.23. The Balaban J connectivity index is 2.04. The number of benzene rings is 1. The number of carbonyl (C=O) groups is 2. The van der Waals surface area contributed by atoms with Crippen LogP contribution >= 0.6 is 0 Å². The third-order valence-corrected chi connectivity index (χ3v) is 3.40. The number of phenolic OH excluding ortho intramolecular Hbond substituents is 1. The van der Waals surface area contributed by atoms with E-state index in [2.05, 4.69) is 5.32 Å². The molecule has 20 heavy (non-hydrogen) atoms. The van der Waals surface area contributed by atoms with Gasteiger partial charge in [-0.2, -0.15) is 0 Å². The van der Waals surface area contributed by atoms with Crippen LogP contribution in [0.25, 0.3) is 0 Å². The van der Waals surface area contributed by atoms with Crippen LogP contribution < -0.4 is 5.32 Å². The van der Waals surface area contributed by atoms with E-state index in [1.165, 1.54) is 24.0 Å². The molecule has 1 aromatic rings. The van der Waals surface area contributed by atoms with Gasteiger partial charge in [-0.25, -0.2) is 4.39 Å². The fraction of sp³-hybridized carbons (Fsp3) is 0.429. The second kappa shape index (κ2) is 5.90. The molecule has 1 fully saturated rings. The molecular weight excluding hydrogens is 263 g/mol. The van der Waals surface area contributed by atoms with Gasteiger partial charge in [0.05, 0.1) is 0 Å². The van der Waals surface area contributed by atoms with Crippen molar-refractivity contribution in [1.82, 2.24) is 10.2 Å². The lowest BCUT2D eigenvalue weighted by Crippen LogP contribution is -2.46. The fourth-order valence-corrected chi connectivity index (χ4v) is 2.40. The quantitative estimate of drug-likeness (QED) is 0.857. The number of aromatic hydroxyl groups is 1. The summed E-state index contributed by atoms with van der Waals surface area (Å²) in [4.78, 5) is 24.7. The molecule has 1 saturated heterocycles. The minimum absolute atomic E-state index is 0.0470. The van der Waals surface area contributed by atoms with Crippen LogP contribution in [0, 0.1) is 5.82 Å². The van der Waals surface area contributed by atoms with Gasteiger partial charge < -0.3 is 15.3 Å². The van der Waals surface area contributed by atoms with Crippen LogP contribution in [-0.4, -0.2) is 41.0 Å². The van der Waals surface area contributed by atoms with Gasteiger partial charge >= 0.3 is 0 Å². The average molecular weight is 280 g/mol. The molecule has 1 aliphatic rings. The van der Waals surface area contributed by atoms with Crippen molar-refractivity contribution in [3.8, 4) is 5.75 Å². The Kier molecular flexibility index (Phi) is 4.22. The highest BCUT2D eigenvalue weighted by atomic mass is 19.1. The van der Waals surface area contributed by atoms with Crippen LogP contribution in [0.2, 0.25) is 0 Å². The van der Waals surface area contributed by atoms with Crippen molar-refractivity contribution in [3.05, 3.63) is 29.6 Å². The molecule has 0 saturated carbocycles. The van der Waals surface area contributed by atoms with Crippen molar-refractivity contribution in [2.75, 3.05) is 13.1 Å².